The molecule has 6 nitrogen and oxygen atoms in total. The molecule has 4 aromatic rings. The number of aromatic nitrogens is 4. The van der Waals surface area contributed by atoms with Crippen LogP contribution in [0.4, 0.5) is 4.39 Å². The third kappa shape index (κ3) is 3.90. The Morgan fingerprint density at radius 3 is 2.28 bits per heavy atom. The summed E-state index contributed by atoms with van der Waals surface area (Å²) in [5.74, 6) is 0.0997. The molecular formula is C25H27FN4O2. The van der Waals surface area contributed by atoms with Crippen LogP contribution in [0.5, 0.6) is 0 Å². The van der Waals surface area contributed by atoms with Gasteiger partial charge in [-0.2, -0.15) is 0 Å². The lowest BCUT2D eigenvalue weighted by Gasteiger charge is -2.15. The van der Waals surface area contributed by atoms with Crippen LogP contribution in [-0.2, 0) is 13.1 Å². The van der Waals surface area contributed by atoms with Crippen molar-refractivity contribution in [3.05, 3.63) is 92.6 Å². The average Bonchev–Trinajstić information content (AvgIpc) is 3.16. The number of hydrogen-bond acceptors (Lipinski definition) is 3. The summed E-state index contributed by atoms with van der Waals surface area (Å²) in [5.41, 5.74) is 1.94. The molecule has 0 bridgehead atoms. The van der Waals surface area contributed by atoms with E-state index in [0.717, 1.165) is 5.56 Å². The fourth-order valence-corrected chi connectivity index (χ4v) is 3.88. The van der Waals surface area contributed by atoms with Crippen molar-refractivity contribution in [2.75, 3.05) is 0 Å². The summed E-state index contributed by atoms with van der Waals surface area (Å²) < 4.78 is 18.6. The second-order valence-electron chi connectivity index (χ2n) is 8.81. The highest BCUT2D eigenvalue weighted by molar-refractivity contribution is 5.72. The zero-order chi connectivity index (χ0) is 23.0. The molecule has 4 rings (SSSR count). The highest BCUT2D eigenvalue weighted by Crippen LogP contribution is 2.19. The van der Waals surface area contributed by atoms with Gasteiger partial charge in [0.2, 0.25) is 0 Å². The molecule has 7 heteroatoms. The standard InChI is InChI=1S/C25H27FN4O2/c1-16(2)13-29-24(31)22-23(27-15-28(22)14-19-7-5-6-8-21(19)26)30(25(29)32)20-11-9-18(10-12-20)17(3)4/h5-12,15-17H,13-14H2,1-4H3. The van der Waals surface area contributed by atoms with Crippen LogP contribution >= 0.6 is 0 Å². The molecule has 2 heterocycles. The largest absolute Gasteiger partial charge is 0.337 e. The summed E-state index contributed by atoms with van der Waals surface area (Å²) in [7, 11) is 0. The maximum absolute atomic E-state index is 14.3. The maximum Gasteiger partial charge on any atom is 0.337 e. The van der Waals surface area contributed by atoms with E-state index in [4.69, 9.17) is 0 Å². The number of benzene rings is 2. The Labute approximate surface area is 185 Å². The van der Waals surface area contributed by atoms with Crippen LogP contribution in [0.25, 0.3) is 16.9 Å². The van der Waals surface area contributed by atoms with Crippen molar-refractivity contribution in [2.24, 2.45) is 5.92 Å². The second kappa shape index (κ2) is 8.57. The van der Waals surface area contributed by atoms with Crippen LogP contribution < -0.4 is 11.2 Å². The van der Waals surface area contributed by atoms with E-state index in [1.807, 2.05) is 38.1 Å². The first-order valence-electron chi connectivity index (χ1n) is 10.8. The van der Waals surface area contributed by atoms with E-state index in [9.17, 15) is 14.0 Å². The molecule has 0 aliphatic heterocycles. The Bertz CT molecular complexity index is 1380. The molecule has 0 radical (unpaired) electrons. The molecule has 32 heavy (non-hydrogen) atoms. The highest BCUT2D eigenvalue weighted by Gasteiger charge is 2.20. The third-order valence-corrected chi connectivity index (χ3v) is 5.56. The van der Waals surface area contributed by atoms with Gasteiger partial charge < -0.3 is 4.57 Å². The molecule has 0 N–H and O–H groups in total. The van der Waals surface area contributed by atoms with E-state index < -0.39 is 11.2 Å². The number of halogens is 1. The normalized spacial score (nSPS) is 11.7. The Hall–Kier alpha value is -3.48. The number of rotatable bonds is 6. The molecule has 0 saturated heterocycles. The summed E-state index contributed by atoms with van der Waals surface area (Å²) in [6.45, 7) is 8.54. The zero-order valence-electron chi connectivity index (χ0n) is 18.7. The molecule has 0 aliphatic carbocycles. The number of imidazole rings is 1. The lowest BCUT2D eigenvalue weighted by Crippen LogP contribution is -2.41. The number of fused-ring (bicyclic) bond motifs is 1. The van der Waals surface area contributed by atoms with Crippen LogP contribution in [0.2, 0.25) is 0 Å². The quantitative estimate of drug-likeness (QED) is 0.454. The molecule has 0 aliphatic rings. The number of hydrogen-bond donors (Lipinski definition) is 0. The van der Waals surface area contributed by atoms with Crippen LogP contribution in [-0.4, -0.2) is 18.7 Å². The first-order chi connectivity index (χ1) is 15.3. The second-order valence-corrected chi connectivity index (χ2v) is 8.81. The molecule has 0 amide bonds. The Morgan fingerprint density at radius 1 is 0.969 bits per heavy atom. The molecule has 0 unspecified atom stereocenters. The summed E-state index contributed by atoms with van der Waals surface area (Å²) >= 11 is 0. The lowest BCUT2D eigenvalue weighted by atomic mass is 10.0. The van der Waals surface area contributed by atoms with Crippen molar-refractivity contribution < 1.29 is 4.39 Å². The Kier molecular flexibility index (Phi) is 5.82. The fraction of sp³-hybridized carbons (Fsp3) is 0.320. The topological polar surface area (TPSA) is 61.8 Å². The molecule has 2 aromatic heterocycles. The van der Waals surface area contributed by atoms with Gasteiger partial charge in [0.05, 0.1) is 18.6 Å². The van der Waals surface area contributed by atoms with Crippen LogP contribution in [0, 0.1) is 11.7 Å². The maximum atomic E-state index is 14.3. The van der Waals surface area contributed by atoms with Gasteiger partial charge in [0.15, 0.2) is 11.2 Å². The van der Waals surface area contributed by atoms with Crippen LogP contribution in [0.15, 0.2) is 64.4 Å². The van der Waals surface area contributed by atoms with Gasteiger partial charge in [0.25, 0.3) is 5.56 Å². The first-order valence-corrected chi connectivity index (χ1v) is 10.8. The summed E-state index contributed by atoms with van der Waals surface area (Å²) in [6, 6.07) is 14.1. The van der Waals surface area contributed by atoms with Crippen molar-refractivity contribution in [1.82, 2.24) is 18.7 Å². The van der Waals surface area contributed by atoms with Crippen molar-refractivity contribution in [2.45, 2.75) is 46.7 Å². The monoisotopic (exact) mass is 434 g/mol. The molecule has 0 atom stereocenters. The van der Waals surface area contributed by atoms with Gasteiger partial charge in [0.1, 0.15) is 5.82 Å². The number of nitrogens with zero attached hydrogens (tertiary/aromatic N) is 4. The van der Waals surface area contributed by atoms with E-state index in [2.05, 4.69) is 18.8 Å². The smallest absolute Gasteiger partial charge is 0.320 e. The molecule has 0 saturated carbocycles. The van der Waals surface area contributed by atoms with Gasteiger partial charge in [-0.15, -0.1) is 0 Å². The summed E-state index contributed by atoms with van der Waals surface area (Å²) in [4.78, 5) is 31.2. The lowest BCUT2D eigenvalue weighted by molar-refractivity contribution is 0.488. The Balaban J connectivity index is 1.97. The predicted octanol–water partition coefficient (Wildman–Crippen LogP) is 4.32. The first kappa shape index (κ1) is 21.7. The van der Waals surface area contributed by atoms with Crippen molar-refractivity contribution >= 4 is 11.2 Å². The van der Waals surface area contributed by atoms with Gasteiger partial charge >= 0.3 is 5.69 Å². The highest BCUT2D eigenvalue weighted by atomic mass is 19.1. The van der Waals surface area contributed by atoms with Gasteiger partial charge in [-0.1, -0.05) is 58.0 Å². The van der Waals surface area contributed by atoms with E-state index in [-0.39, 0.29) is 36.0 Å². The van der Waals surface area contributed by atoms with E-state index in [0.29, 0.717) is 17.2 Å². The minimum absolute atomic E-state index is 0.0950. The van der Waals surface area contributed by atoms with E-state index in [1.165, 1.54) is 21.5 Å². The molecule has 0 spiro atoms. The molecule has 0 fully saturated rings. The van der Waals surface area contributed by atoms with Crippen LogP contribution in [0.3, 0.4) is 0 Å². The van der Waals surface area contributed by atoms with Gasteiger partial charge in [-0.25, -0.2) is 18.7 Å². The summed E-state index contributed by atoms with van der Waals surface area (Å²) in [6.07, 6.45) is 1.50. The minimum Gasteiger partial charge on any atom is -0.320 e. The third-order valence-electron chi connectivity index (χ3n) is 5.56. The van der Waals surface area contributed by atoms with E-state index in [1.54, 1.807) is 22.8 Å². The fourth-order valence-electron chi connectivity index (χ4n) is 3.88. The average molecular weight is 435 g/mol. The predicted molar refractivity (Wildman–Crippen MR) is 124 cm³/mol. The molecule has 2 aromatic carbocycles. The van der Waals surface area contributed by atoms with Gasteiger partial charge in [0, 0.05) is 12.1 Å². The summed E-state index contributed by atoms with van der Waals surface area (Å²) in [5, 5.41) is 0. The van der Waals surface area contributed by atoms with Gasteiger partial charge in [-0.05, 0) is 35.6 Å². The molecular weight excluding hydrogens is 407 g/mol. The van der Waals surface area contributed by atoms with Crippen molar-refractivity contribution in [3.63, 3.8) is 0 Å². The van der Waals surface area contributed by atoms with Crippen LogP contribution in [0.1, 0.15) is 44.7 Å². The van der Waals surface area contributed by atoms with Crippen molar-refractivity contribution in [1.29, 1.82) is 0 Å². The zero-order valence-corrected chi connectivity index (χ0v) is 18.7. The SMILES string of the molecule is CC(C)Cn1c(=O)c2c(ncn2Cc2ccccc2F)n(-c2ccc(C(C)C)cc2)c1=O. The van der Waals surface area contributed by atoms with Gasteiger partial charge in [-0.3, -0.25) is 9.36 Å². The minimum atomic E-state index is -0.426. The van der Waals surface area contributed by atoms with Crippen molar-refractivity contribution in [3.8, 4) is 5.69 Å². The molecule has 166 valence electrons. The Morgan fingerprint density at radius 2 is 1.66 bits per heavy atom. The van der Waals surface area contributed by atoms with E-state index >= 15 is 0 Å².